The lowest BCUT2D eigenvalue weighted by Crippen LogP contribution is -2.20. The number of hydrogen-bond donors (Lipinski definition) is 2. The Morgan fingerprint density at radius 1 is 1.40 bits per heavy atom. The third-order valence-electron chi connectivity index (χ3n) is 1.51. The Hall–Kier alpha value is -1.57. The van der Waals surface area contributed by atoms with Crippen molar-refractivity contribution in [1.82, 2.24) is 4.98 Å². The third kappa shape index (κ3) is 2.94. The van der Waals surface area contributed by atoms with Gasteiger partial charge in [0.15, 0.2) is 0 Å². The van der Waals surface area contributed by atoms with Crippen molar-refractivity contribution in [2.75, 3.05) is 5.73 Å². The monoisotopic (exact) mass is 225 g/mol. The zero-order chi connectivity index (χ0) is 11.6. The number of rotatable bonds is 2. The lowest BCUT2D eigenvalue weighted by molar-refractivity contribution is -0.276. The van der Waals surface area contributed by atoms with E-state index in [9.17, 15) is 17.6 Å². The molecule has 0 bridgehead atoms. The number of pyridine rings is 1. The van der Waals surface area contributed by atoms with Gasteiger partial charge in [-0.3, -0.25) is 0 Å². The molecule has 0 unspecified atom stereocenters. The number of halogens is 4. The molecule has 8 heteroatoms. The summed E-state index contributed by atoms with van der Waals surface area (Å²) in [7, 11) is 0. The van der Waals surface area contributed by atoms with E-state index in [4.69, 9.17) is 11.5 Å². The summed E-state index contributed by atoms with van der Waals surface area (Å²) in [4.78, 5) is 2.92. The molecule has 1 aromatic heterocycles. The van der Waals surface area contributed by atoms with E-state index in [0.29, 0.717) is 0 Å². The minimum absolute atomic E-state index is 0.186. The van der Waals surface area contributed by atoms with Crippen LogP contribution >= 0.6 is 0 Å². The summed E-state index contributed by atoms with van der Waals surface area (Å²) in [5.41, 5.74) is 9.96. The average Bonchev–Trinajstić information content (AvgIpc) is 1.99. The standard InChI is InChI=1S/C7H7F4N3O/c8-5-1-4(13)3(2-12)6(14-5)15-7(9,10)11/h1H,2,12H2,(H2,13,14). The van der Waals surface area contributed by atoms with E-state index in [1.807, 2.05) is 0 Å². The van der Waals surface area contributed by atoms with Crippen molar-refractivity contribution >= 4 is 5.69 Å². The van der Waals surface area contributed by atoms with Gasteiger partial charge in [0.05, 0.1) is 5.56 Å². The van der Waals surface area contributed by atoms with Gasteiger partial charge in [0.25, 0.3) is 0 Å². The van der Waals surface area contributed by atoms with Gasteiger partial charge < -0.3 is 16.2 Å². The van der Waals surface area contributed by atoms with Crippen molar-refractivity contribution in [3.63, 3.8) is 0 Å². The molecule has 0 aliphatic rings. The molecule has 84 valence electrons. The second kappa shape index (κ2) is 3.89. The zero-order valence-electron chi connectivity index (χ0n) is 7.31. The maximum atomic E-state index is 12.6. The van der Waals surface area contributed by atoms with E-state index in [2.05, 4.69) is 9.72 Å². The highest BCUT2D eigenvalue weighted by Gasteiger charge is 2.33. The molecule has 0 fully saturated rings. The predicted octanol–water partition coefficient (Wildman–Crippen LogP) is 1.16. The first kappa shape index (κ1) is 11.5. The lowest BCUT2D eigenvalue weighted by atomic mass is 10.2. The van der Waals surface area contributed by atoms with Gasteiger partial charge in [0, 0.05) is 18.3 Å². The summed E-state index contributed by atoms with van der Waals surface area (Å²) >= 11 is 0. The van der Waals surface area contributed by atoms with Crippen LogP contribution in [0, 0.1) is 5.95 Å². The number of anilines is 1. The zero-order valence-corrected chi connectivity index (χ0v) is 7.31. The van der Waals surface area contributed by atoms with Crippen molar-refractivity contribution < 1.29 is 22.3 Å². The Bertz CT molecular complexity index is 366. The number of alkyl halides is 3. The fourth-order valence-electron chi connectivity index (χ4n) is 0.935. The molecular weight excluding hydrogens is 218 g/mol. The van der Waals surface area contributed by atoms with Crippen LogP contribution in [0.15, 0.2) is 6.07 Å². The summed E-state index contributed by atoms with van der Waals surface area (Å²) < 4.78 is 51.7. The van der Waals surface area contributed by atoms with Gasteiger partial charge in [-0.15, -0.1) is 13.2 Å². The van der Waals surface area contributed by atoms with Gasteiger partial charge in [-0.25, -0.2) is 0 Å². The Morgan fingerprint density at radius 3 is 2.47 bits per heavy atom. The molecule has 0 saturated heterocycles. The molecule has 0 saturated carbocycles. The minimum atomic E-state index is -4.96. The lowest BCUT2D eigenvalue weighted by Gasteiger charge is -2.12. The van der Waals surface area contributed by atoms with Gasteiger partial charge in [0.2, 0.25) is 11.8 Å². The topological polar surface area (TPSA) is 74.2 Å². The van der Waals surface area contributed by atoms with E-state index < -0.39 is 18.2 Å². The highest BCUT2D eigenvalue weighted by atomic mass is 19.4. The summed E-state index contributed by atoms with van der Waals surface area (Å²) in [6.07, 6.45) is -4.96. The average molecular weight is 225 g/mol. The molecule has 15 heavy (non-hydrogen) atoms. The van der Waals surface area contributed by atoms with Crippen LogP contribution in [-0.4, -0.2) is 11.3 Å². The van der Waals surface area contributed by atoms with Crippen molar-refractivity contribution in [3.05, 3.63) is 17.6 Å². The predicted molar refractivity (Wildman–Crippen MR) is 43.2 cm³/mol. The Kier molecular flexibility index (Phi) is 2.98. The van der Waals surface area contributed by atoms with Crippen LogP contribution < -0.4 is 16.2 Å². The number of nitrogen functional groups attached to an aromatic ring is 1. The van der Waals surface area contributed by atoms with Gasteiger partial charge in [-0.1, -0.05) is 0 Å². The summed E-state index contributed by atoms with van der Waals surface area (Å²) in [5.74, 6) is -2.12. The van der Waals surface area contributed by atoms with E-state index in [1.54, 1.807) is 0 Å². The van der Waals surface area contributed by atoms with Crippen LogP contribution in [0.1, 0.15) is 5.56 Å². The van der Waals surface area contributed by atoms with Crippen molar-refractivity contribution in [1.29, 1.82) is 0 Å². The van der Waals surface area contributed by atoms with Gasteiger partial charge in [-0.05, 0) is 0 Å². The highest BCUT2D eigenvalue weighted by molar-refractivity contribution is 5.51. The molecule has 4 nitrogen and oxygen atoms in total. The second-order valence-corrected chi connectivity index (χ2v) is 2.57. The first-order chi connectivity index (χ1) is 6.83. The van der Waals surface area contributed by atoms with Gasteiger partial charge in [0.1, 0.15) is 0 Å². The van der Waals surface area contributed by atoms with Crippen molar-refractivity contribution in [2.45, 2.75) is 12.9 Å². The van der Waals surface area contributed by atoms with Crippen LogP contribution in [0.4, 0.5) is 23.2 Å². The van der Waals surface area contributed by atoms with Crippen molar-refractivity contribution in [3.8, 4) is 5.88 Å². The largest absolute Gasteiger partial charge is 0.574 e. The second-order valence-electron chi connectivity index (χ2n) is 2.57. The first-order valence-corrected chi connectivity index (χ1v) is 3.74. The molecule has 0 amide bonds. The molecule has 0 radical (unpaired) electrons. The Morgan fingerprint density at radius 2 is 2.00 bits per heavy atom. The number of nitrogens with zero attached hydrogens (tertiary/aromatic N) is 1. The normalized spacial score (nSPS) is 11.5. The van der Waals surface area contributed by atoms with Crippen LogP contribution in [-0.2, 0) is 6.54 Å². The van der Waals surface area contributed by atoms with Crippen LogP contribution in [0.25, 0.3) is 0 Å². The molecule has 4 N–H and O–H groups in total. The van der Waals surface area contributed by atoms with Crippen LogP contribution in [0.5, 0.6) is 5.88 Å². The van der Waals surface area contributed by atoms with Gasteiger partial charge >= 0.3 is 6.36 Å². The molecule has 0 aromatic carbocycles. The molecule has 0 aliphatic carbocycles. The van der Waals surface area contributed by atoms with Gasteiger partial charge in [-0.2, -0.15) is 9.37 Å². The van der Waals surface area contributed by atoms with E-state index >= 15 is 0 Å². The minimum Gasteiger partial charge on any atom is -0.398 e. The Labute approximate surface area is 81.8 Å². The SMILES string of the molecule is NCc1c(N)cc(F)nc1OC(F)(F)F. The maximum Gasteiger partial charge on any atom is 0.574 e. The molecule has 0 atom stereocenters. The van der Waals surface area contributed by atoms with E-state index in [1.165, 1.54) is 0 Å². The van der Waals surface area contributed by atoms with Crippen molar-refractivity contribution in [2.24, 2.45) is 5.73 Å². The maximum absolute atomic E-state index is 12.6. The molecule has 1 heterocycles. The van der Waals surface area contributed by atoms with Crippen LogP contribution in [0.2, 0.25) is 0 Å². The molecular formula is C7H7F4N3O. The third-order valence-corrected chi connectivity index (χ3v) is 1.51. The Balaban J connectivity index is 3.15. The molecule has 0 aliphatic heterocycles. The molecule has 0 spiro atoms. The smallest absolute Gasteiger partial charge is 0.398 e. The number of ether oxygens (including phenoxy) is 1. The fourth-order valence-corrected chi connectivity index (χ4v) is 0.935. The number of aromatic nitrogens is 1. The summed E-state index contributed by atoms with van der Waals surface area (Å²) in [6.45, 7) is -0.329. The summed E-state index contributed by atoms with van der Waals surface area (Å²) in [6, 6.07) is 0.769. The van der Waals surface area contributed by atoms with E-state index in [-0.39, 0.29) is 17.8 Å². The quantitative estimate of drug-likeness (QED) is 0.585. The summed E-state index contributed by atoms with van der Waals surface area (Å²) in [5, 5.41) is 0. The van der Waals surface area contributed by atoms with E-state index in [0.717, 1.165) is 6.07 Å². The molecule has 1 rings (SSSR count). The molecule has 1 aromatic rings. The number of nitrogens with two attached hydrogens (primary N) is 2. The first-order valence-electron chi connectivity index (χ1n) is 3.74. The van der Waals surface area contributed by atoms with Crippen LogP contribution in [0.3, 0.4) is 0 Å². The highest BCUT2D eigenvalue weighted by Crippen LogP contribution is 2.27. The number of hydrogen-bond acceptors (Lipinski definition) is 4. The fraction of sp³-hybridized carbons (Fsp3) is 0.286.